The number of aryl methyl sites for hydroxylation is 1. The third-order valence-electron chi connectivity index (χ3n) is 3.32. The molecule has 2 rings (SSSR count). The average Bonchev–Trinajstić information content (AvgIpc) is 2.81. The molecule has 0 bridgehead atoms. The van der Waals surface area contributed by atoms with Gasteiger partial charge in [-0.15, -0.1) is 0 Å². The normalized spacial score (nSPS) is 18.9. The molecular formula is C13H16N2O3. The summed E-state index contributed by atoms with van der Waals surface area (Å²) in [4.78, 5) is 24.7. The van der Waals surface area contributed by atoms with Gasteiger partial charge < -0.3 is 15.7 Å². The maximum Gasteiger partial charge on any atom is 0.326 e. The minimum atomic E-state index is -0.937. The number of anilines is 1. The minimum absolute atomic E-state index is 0.233. The molecule has 1 aromatic carbocycles. The van der Waals surface area contributed by atoms with E-state index in [0.717, 1.165) is 12.0 Å². The first kappa shape index (κ1) is 12.4. The third-order valence-corrected chi connectivity index (χ3v) is 3.32. The van der Waals surface area contributed by atoms with Crippen molar-refractivity contribution >= 4 is 17.6 Å². The standard InChI is InChI=1S/C13H16N2O3/c1-8-7-9(4-5-10(8)14)12(16)15-6-2-3-11(15)13(17)18/h4-5,7,11H,2-3,6,14H2,1H3,(H,17,18)/t11-/m1/s1. The van der Waals surface area contributed by atoms with Gasteiger partial charge in [-0.1, -0.05) is 0 Å². The molecule has 1 aromatic rings. The highest BCUT2D eigenvalue weighted by Gasteiger charge is 2.34. The van der Waals surface area contributed by atoms with Crippen molar-refractivity contribution in [3.05, 3.63) is 29.3 Å². The maximum absolute atomic E-state index is 12.2. The highest BCUT2D eigenvalue weighted by atomic mass is 16.4. The van der Waals surface area contributed by atoms with Crippen LogP contribution in [0, 0.1) is 6.92 Å². The Labute approximate surface area is 105 Å². The number of carboxylic acid groups (broad SMARTS) is 1. The summed E-state index contributed by atoms with van der Waals surface area (Å²) in [5.41, 5.74) is 7.65. The number of rotatable bonds is 2. The van der Waals surface area contributed by atoms with Gasteiger partial charge in [-0.3, -0.25) is 4.79 Å². The van der Waals surface area contributed by atoms with E-state index in [9.17, 15) is 9.59 Å². The van der Waals surface area contributed by atoms with Gasteiger partial charge in [0.2, 0.25) is 0 Å². The zero-order valence-corrected chi connectivity index (χ0v) is 10.2. The number of amides is 1. The second-order valence-corrected chi connectivity index (χ2v) is 4.57. The second-order valence-electron chi connectivity index (χ2n) is 4.57. The molecule has 1 fully saturated rings. The average molecular weight is 248 g/mol. The van der Waals surface area contributed by atoms with Crippen molar-refractivity contribution in [1.82, 2.24) is 4.90 Å². The van der Waals surface area contributed by atoms with E-state index in [2.05, 4.69) is 0 Å². The van der Waals surface area contributed by atoms with Crippen LogP contribution in [0.15, 0.2) is 18.2 Å². The van der Waals surface area contributed by atoms with E-state index in [-0.39, 0.29) is 5.91 Å². The SMILES string of the molecule is Cc1cc(C(=O)N2CCC[C@@H]2C(=O)O)ccc1N. The number of nitrogens with two attached hydrogens (primary N) is 1. The molecule has 18 heavy (non-hydrogen) atoms. The molecule has 1 atom stereocenters. The van der Waals surface area contributed by atoms with Crippen LogP contribution in [0.25, 0.3) is 0 Å². The number of nitrogen functional groups attached to an aromatic ring is 1. The smallest absolute Gasteiger partial charge is 0.326 e. The van der Waals surface area contributed by atoms with Crippen LogP contribution in [-0.4, -0.2) is 34.5 Å². The van der Waals surface area contributed by atoms with Gasteiger partial charge in [0, 0.05) is 17.8 Å². The molecule has 0 aromatic heterocycles. The van der Waals surface area contributed by atoms with E-state index in [1.165, 1.54) is 4.90 Å². The molecule has 0 spiro atoms. The number of benzene rings is 1. The van der Waals surface area contributed by atoms with Gasteiger partial charge in [0.15, 0.2) is 0 Å². The Hall–Kier alpha value is -2.04. The van der Waals surface area contributed by atoms with Gasteiger partial charge in [-0.05, 0) is 43.5 Å². The number of hydrogen-bond acceptors (Lipinski definition) is 3. The molecule has 0 saturated carbocycles. The Bertz CT molecular complexity index is 499. The van der Waals surface area contributed by atoms with E-state index in [1.54, 1.807) is 18.2 Å². The fourth-order valence-electron chi connectivity index (χ4n) is 2.24. The van der Waals surface area contributed by atoms with Crippen molar-refractivity contribution in [2.45, 2.75) is 25.8 Å². The van der Waals surface area contributed by atoms with Crippen LogP contribution in [0.2, 0.25) is 0 Å². The minimum Gasteiger partial charge on any atom is -0.480 e. The van der Waals surface area contributed by atoms with Crippen molar-refractivity contribution in [1.29, 1.82) is 0 Å². The van der Waals surface area contributed by atoms with Crippen molar-refractivity contribution in [3.8, 4) is 0 Å². The lowest BCUT2D eigenvalue weighted by atomic mass is 10.1. The molecule has 1 aliphatic rings. The Kier molecular flexibility index (Phi) is 3.23. The highest BCUT2D eigenvalue weighted by Crippen LogP contribution is 2.22. The van der Waals surface area contributed by atoms with E-state index in [4.69, 9.17) is 10.8 Å². The molecule has 1 amide bonds. The molecule has 0 radical (unpaired) electrons. The van der Waals surface area contributed by atoms with E-state index in [1.807, 2.05) is 6.92 Å². The van der Waals surface area contributed by atoms with Crippen LogP contribution in [0.3, 0.4) is 0 Å². The summed E-state index contributed by atoms with van der Waals surface area (Å²) < 4.78 is 0. The largest absolute Gasteiger partial charge is 0.480 e. The van der Waals surface area contributed by atoms with Crippen LogP contribution < -0.4 is 5.73 Å². The van der Waals surface area contributed by atoms with Gasteiger partial charge in [-0.2, -0.15) is 0 Å². The molecule has 1 aliphatic heterocycles. The number of carbonyl (C=O) groups is 2. The Balaban J connectivity index is 2.25. The lowest BCUT2D eigenvalue weighted by Crippen LogP contribution is -2.40. The second kappa shape index (κ2) is 4.68. The monoisotopic (exact) mass is 248 g/mol. The molecule has 1 heterocycles. The van der Waals surface area contributed by atoms with Crippen LogP contribution in [0.4, 0.5) is 5.69 Å². The number of carboxylic acids is 1. The Morgan fingerprint density at radius 1 is 1.44 bits per heavy atom. The van der Waals surface area contributed by atoms with E-state index < -0.39 is 12.0 Å². The zero-order chi connectivity index (χ0) is 13.3. The molecule has 96 valence electrons. The van der Waals surface area contributed by atoms with Crippen molar-refractivity contribution < 1.29 is 14.7 Å². The maximum atomic E-state index is 12.2. The molecule has 5 heteroatoms. The first-order valence-electron chi connectivity index (χ1n) is 5.90. The van der Waals surface area contributed by atoms with Gasteiger partial charge in [0.05, 0.1) is 0 Å². The summed E-state index contributed by atoms with van der Waals surface area (Å²) >= 11 is 0. The van der Waals surface area contributed by atoms with Crippen LogP contribution >= 0.6 is 0 Å². The fourth-order valence-corrected chi connectivity index (χ4v) is 2.24. The summed E-state index contributed by atoms with van der Waals surface area (Å²) in [7, 11) is 0. The van der Waals surface area contributed by atoms with Gasteiger partial charge in [-0.25, -0.2) is 4.79 Å². The molecule has 3 N–H and O–H groups in total. The fraction of sp³-hybridized carbons (Fsp3) is 0.385. The van der Waals surface area contributed by atoms with Crippen molar-refractivity contribution in [2.24, 2.45) is 0 Å². The summed E-state index contributed by atoms with van der Waals surface area (Å²) in [6, 6.07) is 4.32. The topological polar surface area (TPSA) is 83.6 Å². The van der Waals surface area contributed by atoms with Gasteiger partial charge in [0.25, 0.3) is 5.91 Å². The summed E-state index contributed by atoms with van der Waals surface area (Å²) in [5, 5.41) is 9.06. The van der Waals surface area contributed by atoms with Crippen molar-refractivity contribution in [2.75, 3.05) is 12.3 Å². The summed E-state index contributed by atoms with van der Waals surface area (Å²) in [5.74, 6) is -1.17. The molecular weight excluding hydrogens is 232 g/mol. The molecule has 1 saturated heterocycles. The molecule has 0 unspecified atom stereocenters. The van der Waals surface area contributed by atoms with Crippen molar-refractivity contribution in [3.63, 3.8) is 0 Å². The quantitative estimate of drug-likeness (QED) is 0.772. The summed E-state index contributed by atoms with van der Waals surface area (Å²) in [6.07, 6.45) is 1.26. The predicted molar refractivity (Wildman–Crippen MR) is 67.3 cm³/mol. The third kappa shape index (κ3) is 2.16. The number of nitrogens with zero attached hydrogens (tertiary/aromatic N) is 1. The van der Waals surface area contributed by atoms with Crippen LogP contribution in [-0.2, 0) is 4.79 Å². The van der Waals surface area contributed by atoms with Crippen LogP contribution in [0.1, 0.15) is 28.8 Å². The number of likely N-dealkylation sites (tertiary alicyclic amines) is 1. The van der Waals surface area contributed by atoms with Crippen LogP contribution in [0.5, 0.6) is 0 Å². The molecule has 0 aliphatic carbocycles. The number of aliphatic carboxylic acids is 1. The highest BCUT2D eigenvalue weighted by molar-refractivity contribution is 5.97. The molecule has 5 nitrogen and oxygen atoms in total. The van der Waals surface area contributed by atoms with Gasteiger partial charge in [0.1, 0.15) is 6.04 Å². The number of carbonyl (C=O) groups excluding carboxylic acids is 1. The van der Waals surface area contributed by atoms with E-state index >= 15 is 0 Å². The Morgan fingerprint density at radius 3 is 2.78 bits per heavy atom. The first-order chi connectivity index (χ1) is 8.50. The zero-order valence-electron chi connectivity index (χ0n) is 10.2. The number of hydrogen-bond donors (Lipinski definition) is 2. The van der Waals surface area contributed by atoms with Gasteiger partial charge >= 0.3 is 5.97 Å². The van der Waals surface area contributed by atoms with E-state index in [0.29, 0.717) is 24.2 Å². The first-order valence-corrected chi connectivity index (χ1v) is 5.90. The summed E-state index contributed by atoms with van der Waals surface area (Å²) in [6.45, 7) is 2.32. The Morgan fingerprint density at radius 2 is 2.17 bits per heavy atom. The predicted octanol–water partition coefficient (Wildman–Crippen LogP) is 1.27. The lowest BCUT2D eigenvalue weighted by Gasteiger charge is -2.21. The lowest BCUT2D eigenvalue weighted by molar-refractivity contribution is -0.141.